The SMILES string of the molecule is CC1CCN(c2ccc(Br)cc2CNC(C)(C)C)C1CO. The average molecular weight is 355 g/mol. The molecule has 1 heterocycles. The number of aliphatic hydroxyl groups is 1. The van der Waals surface area contributed by atoms with Crippen LogP contribution in [0.2, 0.25) is 0 Å². The van der Waals surface area contributed by atoms with Crippen molar-refractivity contribution in [2.75, 3.05) is 18.1 Å². The highest BCUT2D eigenvalue weighted by Crippen LogP contribution is 2.33. The number of aliphatic hydroxyl groups excluding tert-OH is 1. The van der Waals surface area contributed by atoms with Crippen LogP contribution in [0.25, 0.3) is 0 Å². The van der Waals surface area contributed by atoms with Crippen molar-refractivity contribution in [2.24, 2.45) is 5.92 Å². The molecule has 2 atom stereocenters. The Morgan fingerprint density at radius 2 is 2.10 bits per heavy atom. The summed E-state index contributed by atoms with van der Waals surface area (Å²) in [5.74, 6) is 0.544. The first-order chi connectivity index (χ1) is 9.81. The molecule has 0 radical (unpaired) electrons. The normalized spacial score (nSPS) is 22.9. The van der Waals surface area contributed by atoms with Crippen molar-refractivity contribution in [1.29, 1.82) is 0 Å². The van der Waals surface area contributed by atoms with Gasteiger partial charge in [0.2, 0.25) is 0 Å². The molecule has 1 aromatic rings. The lowest BCUT2D eigenvalue weighted by Crippen LogP contribution is -2.38. The quantitative estimate of drug-likeness (QED) is 0.867. The van der Waals surface area contributed by atoms with Crippen LogP contribution in [0, 0.1) is 5.92 Å². The fourth-order valence-electron chi connectivity index (χ4n) is 2.92. The second-order valence-electron chi connectivity index (χ2n) is 7.09. The van der Waals surface area contributed by atoms with Crippen LogP contribution >= 0.6 is 15.9 Å². The molecule has 2 rings (SSSR count). The van der Waals surface area contributed by atoms with Gasteiger partial charge in [-0.2, -0.15) is 0 Å². The Morgan fingerprint density at radius 1 is 1.38 bits per heavy atom. The standard InChI is InChI=1S/C17H27BrN2O/c1-12-7-8-20(16(12)11-21)15-6-5-14(18)9-13(15)10-19-17(2,3)4/h5-6,9,12,16,19,21H,7-8,10-11H2,1-4H3. The third kappa shape index (κ3) is 4.21. The number of hydrogen-bond donors (Lipinski definition) is 2. The Morgan fingerprint density at radius 3 is 2.71 bits per heavy atom. The number of hydrogen-bond acceptors (Lipinski definition) is 3. The van der Waals surface area contributed by atoms with Crippen molar-refractivity contribution in [1.82, 2.24) is 5.32 Å². The van der Waals surface area contributed by atoms with E-state index in [0.29, 0.717) is 5.92 Å². The summed E-state index contributed by atoms with van der Waals surface area (Å²) in [7, 11) is 0. The zero-order valence-corrected chi connectivity index (χ0v) is 15.1. The molecule has 2 unspecified atom stereocenters. The van der Waals surface area contributed by atoms with Gasteiger partial charge in [0.1, 0.15) is 0 Å². The molecule has 1 aliphatic heterocycles. The predicted octanol–water partition coefficient (Wildman–Crippen LogP) is 3.54. The van der Waals surface area contributed by atoms with Gasteiger partial charge in [-0.05, 0) is 56.9 Å². The smallest absolute Gasteiger partial charge is 0.0637 e. The summed E-state index contributed by atoms with van der Waals surface area (Å²) in [4.78, 5) is 2.37. The first-order valence-electron chi connectivity index (χ1n) is 7.73. The van der Waals surface area contributed by atoms with Crippen LogP contribution in [0.3, 0.4) is 0 Å². The van der Waals surface area contributed by atoms with Crippen LogP contribution in [0.1, 0.15) is 39.7 Å². The lowest BCUT2D eigenvalue weighted by atomic mass is 10.0. The summed E-state index contributed by atoms with van der Waals surface area (Å²) in [5.41, 5.74) is 2.62. The van der Waals surface area contributed by atoms with Gasteiger partial charge in [-0.1, -0.05) is 22.9 Å². The van der Waals surface area contributed by atoms with Gasteiger partial charge < -0.3 is 15.3 Å². The molecule has 0 aliphatic carbocycles. The van der Waals surface area contributed by atoms with Crippen LogP contribution in [-0.4, -0.2) is 29.8 Å². The third-order valence-corrected chi connectivity index (χ3v) is 4.72. The number of anilines is 1. The number of nitrogens with zero attached hydrogens (tertiary/aromatic N) is 1. The van der Waals surface area contributed by atoms with Crippen molar-refractivity contribution in [3.63, 3.8) is 0 Å². The molecule has 1 aliphatic rings. The van der Waals surface area contributed by atoms with E-state index in [4.69, 9.17) is 0 Å². The lowest BCUT2D eigenvalue weighted by Gasteiger charge is -2.30. The minimum absolute atomic E-state index is 0.0915. The van der Waals surface area contributed by atoms with E-state index < -0.39 is 0 Å². The number of rotatable bonds is 4. The lowest BCUT2D eigenvalue weighted by molar-refractivity contribution is 0.244. The number of benzene rings is 1. The summed E-state index contributed by atoms with van der Waals surface area (Å²) in [6.07, 6.45) is 1.15. The first kappa shape index (κ1) is 16.8. The molecule has 21 heavy (non-hydrogen) atoms. The Bertz CT molecular complexity index is 484. The zero-order chi connectivity index (χ0) is 15.6. The van der Waals surface area contributed by atoms with E-state index in [1.165, 1.54) is 11.3 Å². The van der Waals surface area contributed by atoms with Crippen LogP contribution < -0.4 is 10.2 Å². The number of nitrogens with one attached hydrogen (secondary N) is 1. The number of halogens is 1. The van der Waals surface area contributed by atoms with Gasteiger partial charge in [-0.15, -0.1) is 0 Å². The van der Waals surface area contributed by atoms with Gasteiger partial charge in [-0.3, -0.25) is 0 Å². The van der Waals surface area contributed by atoms with E-state index in [9.17, 15) is 5.11 Å². The minimum atomic E-state index is 0.0915. The molecule has 1 aromatic carbocycles. The summed E-state index contributed by atoms with van der Waals surface area (Å²) < 4.78 is 1.10. The van der Waals surface area contributed by atoms with E-state index in [-0.39, 0.29) is 18.2 Å². The topological polar surface area (TPSA) is 35.5 Å². The molecule has 4 heteroatoms. The van der Waals surface area contributed by atoms with E-state index >= 15 is 0 Å². The fraction of sp³-hybridized carbons (Fsp3) is 0.647. The summed E-state index contributed by atoms with van der Waals surface area (Å²) in [6, 6.07) is 6.68. The maximum Gasteiger partial charge on any atom is 0.0637 e. The largest absolute Gasteiger partial charge is 0.394 e. The third-order valence-electron chi connectivity index (χ3n) is 4.23. The van der Waals surface area contributed by atoms with E-state index in [2.05, 4.69) is 72.0 Å². The average Bonchev–Trinajstić information content (AvgIpc) is 2.76. The second-order valence-corrected chi connectivity index (χ2v) is 8.00. The molecule has 3 nitrogen and oxygen atoms in total. The molecule has 0 saturated carbocycles. The molecular weight excluding hydrogens is 328 g/mol. The van der Waals surface area contributed by atoms with Gasteiger partial charge in [0, 0.05) is 28.8 Å². The van der Waals surface area contributed by atoms with Gasteiger partial charge in [-0.25, -0.2) is 0 Å². The maximum absolute atomic E-state index is 9.71. The Kier molecular flexibility index (Phi) is 5.33. The monoisotopic (exact) mass is 354 g/mol. The van der Waals surface area contributed by atoms with Crippen LogP contribution in [0.15, 0.2) is 22.7 Å². The first-order valence-corrected chi connectivity index (χ1v) is 8.52. The van der Waals surface area contributed by atoms with Crippen molar-refractivity contribution in [2.45, 2.75) is 52.2 Å². The molecule has 0 amide bonds. The summed E-state index contributed by atoms with van der Waals surface area (Å²) >= 11 is 3.57. The summed E-state index contributed by atoms with van der Waals surface area (Å²) in [6.45, 7) is 10.9. The predicted molar refractivity (Wildman–Crippen MR) is 92.7 cm³/mol. The van der Waals surface area contributed by atoms with Crippen LogP contribution in [0.4, 0.5) is 5.69 Å². The van der Waals surface area contributed by atoms with Crippen LogP contribution in [-0.2, 0) is 6.54 Å². The Hall–Kier alpha value is -0.580. The molecule has 0 aromatic heterocycles. The van der Waals surface area contributed by atoms with E-state index in [1.807, 2.05) is 0 Å². The van der Waals surface area contributed by atoms with Gasteiger partial charge in [0.05, 0.1) is 12.6 Å². The maximum atomic E-state index is 9.71. The van der Waals surface area contributed by atoms with Crippen molar-refractivity contribution < 1.29 is 5.11 Å². The van der Waals surface area contributed by atoms with Gasteiger partial charge in [0.15, 0.2) is 0 Å². The van der Waals surface area contributed by atoms with Crippen molar-refractivity contribution in [3.05, 3.63) is 28.2 Å². The Labute approximate surface area is 136 Å². The van der Waals surface area contributed by atoms with Crippen molar-refractivity contribution >= 4 is 21.6 Å². The minimum Gasteiger partial charge on any atom is -0.394 e. The molecule has 2 N–H and O–H groups in total. The fourth-order valence-corrected chi connectivity index (χ4v) is 3.33. The Balaban J connectivity index is 2.26. The molecule has 1 saturated heterocycles. The second kappa shape index (κ2) is 6.67. The highest BCUT2D eigenvalue weighted by molar-refractivity contribution is 9.10. The van der Waals surface area contributed by atoms with E-state index in [1.54, 1.807) is 0 Å². The highest BCUT2D eigenvalue weighted by Gasteiger charge is 2.31. The van der Waals surface area contributed by atoms with Gasteiger partial charge >= 0.3 is 0 Å². The van der Waals surface area contributed by atoms with Crippen molar-refractivity contribution in [3.8, 4) is 0 Å². The molecule has 118 valence electrons. The molecule has 1 fully saturated rings. The highest BCUT2D eigenvalue weighted by atomic mass is 79.9. The summed E-state index contributed by atoms with van der Waals surface area (Å²) in [5, 5.41) is 13.3. The molecular formula is C17H27BrN2O. The van der Waals surface area contributed by atoms with Crippen LogP contribution in [0.5, 0.6) is 0 Å². The van der Waals surface area contributed by atoms with E-state index in [0.717, 1.165) is 24.0 Å². The molecule has 0 spiro atoms. The zero-order valence-electron chi connectivity index (χ0n) is 13.5. The van der Waals surface area contributed by atoms with Gasteiger partial charge in [0.25, 0.3) is 0 Å². The molecule has 0 bridgehead atoms.